The number of amides is 1. The van der Waals surface area contributed by atoms with Gasteiger partial charge in [-0.05, 0) is 50.4 Å². The van der Waals surface area contributed by atoms with Gasteiger partial charge < -0.3 is 31.1 Å². The third-order valence-electron chi connectivity index (χ3n) is 7.91. The van der Waals surface area contributed by atoms with Crippen molar-refractivity contribution >= 4 is 28.9 Å². The van der Waals surface area contributed by atoms with E-state index >= 15 is 0 Å². The second kappa shape index (κ2) is 9.74. The number of ketones is 2. The minimum atomic E-state index is -2.67. The smallest absolute Gasteiger partial charge is 0.255 e. The van der Waals surface area contributed by atoms with Crippen molar-refractivity contribution in [3.05, 3.63) is 39.7 Å². The van der Waals surface area contributed by atoms with Gasteiger partial charge in [-0.15, -0.1) is 0 Å². The number of carbonyl (C=O) groups excluding carboxylic acids is 3. The highest BCUT2D eigenvalue weighted by atomic mass is 16.3. The van der Waals surface area contributed by atoms with Gasteiger partial charge in [0.2, 0.25) is 5.78 Å². The first-order valence-corrected chi connectivity index (χ1v) is 12.8. The van der Waals surface area contributed by atoms with Gasteiger partial charge in [0.25, 0.3) is 5.91 Å². The van der Waals surface area contributed by atoms with E-state index in [1.165, 1.54) is 4.90 Å². The van der Waals surface area contributed by atoms with Crippen LogP contribution in [0.5, 0.6) is 5.75 Å². The van der Waals surface area contributed by atoms with E-state index in [4.69, 9.17) is 5.73 Å². The summed E-state index contributed by atoms with van der Waals surface area (Å²) in [4.78, 5) is 42.6. The summed E-state index contributed by atoms with van der Waals surface area (Å²) in [6, 6.07) is 0.615. The average Bonchev–Trinajstić information content (AvgIpc) is 2.81. The quantitative estimate of drug-likeness (QED) is 0.282. The van der Waals surface area contributed by atoms with E-state index in [0.29, 0.717) is 23.6 Å². The molecule has 1 saturated carbocycles. The van der Waals surface area contributed by atoms with Gasteiger partial charge >= 0.3 is 0 Å². The van der Waals surface area contributed by atoms with Gasteiger partial charge in [-0.2, -0.15) is 0 Å². The lowest BCUT2D eigenvalue weighted by Gasteiger charge is -2.50. The van der Waals surface area contributed by atoms with E-state index in [1.54, 1.807) is 20.2 Å². The fourth-order valence-corrected chi connectivity index (χ4v) is 6.14. The minimum Gasteiger partial charge on any atom is -0.508 e. The van der Waals surface area contributed by atoms with E-state index in [2.05, 4.69) is 11.8 Å². The van der Waals surface area contributed by atoms with Crippen LogP contribution in [0, 0.1) is 29.6 Å². The summed E-state index contributed by atoms with van der Waals surface area (Å²) in [6.07, 6.45) is 0.847. The van der Waals surface area contributed by atoms with Crippen LogP contribution >= 0.6 is 0 Å². The molecule has 0 bridgehead atoms. The highest BCUT2D eigenvalue weighted by Crippen LogP contribution is 2.54. The molecule has 0 aromatic heterocycles. The third kappa shape index (κ3) is 4.17. The zero-order valence-corrected chi connectivity index (χ0v) is 23.0. The predicted molar refractivity (Wildman–Crippen MR) is 145 cm³/mol. The van der Waals surface area contributed by atoms with Crippen LogP contribution in [-0.2, 0) is 20.8 Å². The summed E-state index contributed by atoms with van der Waals surface area (Å²) >= 11 is 0. The zero-order chi connectivity index (χ0) is 29.1. The molecule has 1 aromatic rings. The number of phenolic OH excluding ortho intramolecular Hbond substituents is 1. The second-order valence-corrected chi connectivity index (χ2v) is 11.4. The molecule has 1 fully saturated rings. The van der Waals surface area contributed by atoms with E-state index in [9.17, 15) is 34.8 Å². The maximum absolute atomic E-state index is 14.0. The number of aliphatic hydroxyl groups excluding tert-OH is 2. The molecule has 10 nitrogen and oxygen atoms in total. The monoisotopic (exact) mass is 537 g/mol. The normalized spacial score (nSPS) is 26.2. The number of aliphatic hydroxyl groups is 3. The largest absolute Gasteiger partial charge is 0.508 e. The molecular formula is C29H35N3O7. The Morgan fingerprint density at radius 2 is 1.82 bits per heavy atom. The number of likely N-dealkylation sites (N-methyl/N-ethyl adjacent to an activating group) is 1. The Bertz CT molecular complexity index is 1410. The zero-order valence-electron chi connectivity index (χ0n) is 23.0. The SMILES string of the molecule is CC(C)CC#Cc1cc(N(C)C)c2c(c1O)C(O)=C1C(=O)[C@]3(O)C(O)=C(C(N)=O)C(=O)[C@@H](N(C)C)[C@@H]3C[C@@H]1C2. The molecule has 3 aliphatic rings. The van der Waals surface area contributed by atoms with Gasteiger partial charge in [0, 0.05) is 37.7 Å². The van der Waals surface area contributed by atoms with Crippen molar-refractivity contribution in [3.63, 3.8) is 0 Å². The maximum atomic E-state index is 14.0. The van der Waals surface area contributed by atoms with E-state index in [-0.39, 0.29) is 35.3 Å². The lowest BCUT2D eigenvalue weighted by molar-refractivity contribution is -0.153. The molecule has 3 aliphatic carbocycles. The van der Waals surface area contributed by atoms with Crippen LogP contribution in [0.1, 0.15) is 43.4 Å². The van der Waals surface area contributed by atoms with E-state index in [1.807, 2.05) is 32.8 Å². The van der Waals surface area contributed by atoms with Crippen molar-refractivity contribution in [2.24, 2.45) is 23.5 Å². The van der Waals surface area contributed by atoms with Crippen molar-refractivity contribution in [3.8, 4) is 17.6 Å². The van der Waals surface area contributed by atoms with Gasteiger partial charge in [0.15, 0.2) is 11.4 Å². The Labute approximate surface area is 227 Å². The highest BCUT2D eigenvalue weighted by Gasteiger charge is 2.64. The van der Waals surface area contributed by atoms with Crippen molar-refractivity contribution in [2.75, 3.05) is 33.1 Å². The molecular weight excluding hydrogens is 502 g/mol. The molecule has 10 heteroatoms. The van der Waals surface area contributed by atoms with Crippen LogP contribution in [0.3, 0.4) is 0 Å². The topological polar surface area (TPSA) is 165 Å². The summed E-state index contributed by atoms with van der Waals surface area (Å²) < 4.78 is 0. The maximum Gasteiger partial charge on any atom is 0.255 e. The molecule has 208 valence electrons. The molecule has 4 rings (SSSR count). The second-order valence-electron chi connectivity index (χ2n) is 11.4. The molecule has 0 unspecified atom stereocenters. The van der Waals surface area contributed by atoms with Crippen LogP contribution < -0.4 is 10.6 Å². The number of aromatic hydroxyl groups is 1. The van der Waals surface area contributed by atoms with Gasteiger partial charge in [-0.1, -0.05) is 25.7 Å². The Kier molecular flexibility index (Phi) is 7.04. The molecule has 6 N–H and O–H groups in total. The predicted octanol–water partition coefficient (Wildman–Crippen LogP) is 1.43. The van der Waals surface area contributed by atoms with Crippen LogP contribution in [-0.4, -0.2) is 82.6 Å². The first-order chi connectivity index (χ1) is 18.1. The Hall–Kier alpha value is -3.81. The van der Waals surface area contributed by atoms with Crippen molar-refractivity contribution in [1.82, 2.24) is 4.90 Å². The number of phenols is 1. The van der Waals surface area contributed by atoms with Gasteiger partial charge in [-0.3, -0.25) is 19.3 Å². The molecule has 0 spiro atoms. The number of rotatable bonds is 4. The summed E-state index contributed by atoms with van der Waals surface area (Å²) in [5.41, 5.74) is 3.28. The summed E-state index contributed by atoms with van der Waals surface area (Å²) in [7, 11) is 6.76. The average molecular weight is 538 g/mol. The van der Waals surface area contributed by atoms with Crippen LogP contribution in [0.15, 0.2) is 23.0 Å². The van der Waals surface area contributed by atoms with Crippen LogP contribution in [0.25, 0.3) is 5.76 Å². The fourth-order valence-electron chi connectivity index (χ4n) is 6.14. The standard InChI is InChI=1S/C29H35N3O7/c1-13(2)8-7-9-14-12-18(31(3)4)16-10-15-11-17-22(32(5)6)25(35)21(28(30)38)27(37)29(17,39)26(36)19(15)24(34)20(16)23(14)33/h12-13,15,17,22,33-34,37,39H,8,10-11H2,1-6H3,(H2,30,38)/t15-,17-,22-,29-/m0/s1. The highest BCUT2D eigenvalue weighted by molar-refractivity contribution is 6.24. The number of hydrogen-bond acceptors (Lipinski definition) is 9. The van der Waals surface area contributed by atoms with Crippen molar-refractivity contribution in [2.45, 2.75) is 44.8 Å². The molecule has 1 amide bonds. The summed E-state index contributed by atoms with van der Waals surface area (Å²) in [5.74, 6) is -0.465. The van der Waals surface area contributed by atoms with Crippen molar-refractivity contribution in [1.29, 1.82) is 0 Å². The first kappa shape index (κ1) is 28.2. The number of anilines is 1. The minimum absolute atomic E-state index is 0.0336. The number of Topliss-reactive ketones (excluding diaryl/α,β-unsaturated/α-hetero) is 2. The Morgan fingerprint density at radius 1 is 1.18 bits per heavy atom. The Balaban J connectivity index is 1.98. The first-order valence-electron chi connectivity index (χ1n) is 12.8. The van der Waals surface area contributed by atoms with Gasteiger partial charge in [0.05, 0.1) is 17.2 Å². The molecule has 0 radical (unpaired) electrons. The number of fused-ring (bicyclic) bond motifs is 3. The van der Waals surface area contributed by atoms with E-state index in [0.717, 1.165) is 0 Å². The lowest BCUT2D eigenvalue weighted by Crippen LogP contribution is -2.65. The molecule has 0 aliphatic heterocycles. The Morgan fingerprint density at radius 3 is 2.36 bits per heavy atom. The number of benzene rings is 1. The molecule has 0 heterocycles. The molecule has 4 atom stereocenters. The number of hydrogen-bond donors (Lipinski definition) is 5. The van der Waals surface area contributed by atoms with E-state index < -0.39 is 58.0 Å². The van der Waals surface area contributed by atoms with Crippen LogP contribution in [0.2, 0.25) is 0 Å². The lowest BCUT2D eigenvalue weighted by atomic mass is 9.57. The van der Waals surface area contributed by atoms with Gasteiger partial charge in [-0.25, -0.2) is 0 Å². The number of nitrogens with two attached hydrogens (primary N) is 1. The van der Waals surface area contributed by atoms with Gasteiger partial charge in [0.1, 0.15) is 22.8 Å². The number of carbonyl (C=O) groups is 3. The third-order valence-corrected chi connectivity index (χ3v) is 7.91. The molecule has 0 saturated heterocycles. The molecule has 1 aromatic carbocycles. The van der Waals surface area contributed by atoms with Crippen LogP contribution in [0.4, 0.5) is 5.69 Å². The summed E-state index contributed by atoms with van der Waals surface area (Å²) in [6.45, 7) is 4.03. The number of primary amides is 1. The molecule has 39 heavy (non-hydrogen) atoms. The number of nitrogens with zero attached hydrogens (tertiary/aromatic N) is 2. The summed E-state index contributed by atoms with van der Waals surface area (Å²) in [5, 5.41) is 45.4. The fraction of sp³-hybridized carbons (Fsp3) is 0.483. The van der Waals surface area contributed by atoms with Crippen molar-refractivity contribution < 1.29 is 34.8 Å².